The summed E-state index contributed by atoms with van der Waals surface area (Å²) in [7, 11) is 1.56. The molecule has 15 nitrogen and oxygen atoms in total. The van der Waals surface area contributed by atoms with Gasteiger partial charge in [0.05, 0.1) is 24.5 Å². The maximum atomic E-state index is 14.4. The minimum Gasteiger partial charge on any atom is -0.481 e. The summed E-state index contributed by atoms with van der Waals surface area (Å²) in [5.74, 6) is -5.33. The first-order valence-corrected chi connectivity index (χ1v) is 21.1. The molecule has 1 aliphatic carbocycles. The Bertz CT molecular complexity index is 1620. The van der Waals surface area contributed by atoms with Gasteiger partial charge in [-0.2, -0.15) is 0 Å². The number of carboxylic acid groups (broad SMARTS) is 1. The van der Waals surface area contributed by atoms with E-state index in [4.69, 9.17) is 0 Å². The van der Waals surface area contributed by atoms with E-state index in [0.29, 0.717) is 38.8 Å². The highest BCUT2D eigenvalue weighted by molar-refractivity contribution is 5.99. The highest BCUT2D eigenvalue weighted by atomic mass is 16.4. The van der Waals surface area contributed by atoms with Crippen LogP contribution >= 0.6 is 0 Å². The first-order chi connectivity index (χ1) is 27.5. The fourth-order valence-corrected chi connectivity index (χ4v) is 8.31. The zero-order valence-corrected chi connectivity index (χ0v) is 36.7. The lowest BCUT2D eigenvalue weighted by Crippen LogP contribution is -2.64. The van der Waals surface area contributed by atoms with Crippen molar-refractivity contribution in [3.05, 3.63) is 35.9 Å². The number of rotatable bonds is 19. The van der Waals surface area contributed by atoms with E-state index in [-0.39, 0.29) is 36.5 Å². The van der Waals surface area contributed by atoms with Crippen LogP contribution in [0, 0.1) is 22.2 Å². The first-order valence-electron chi connectivity index (χ1n) is 21.1. The standard InChI is InChI=1S/C44H70N6O9/c1-28(2)34(49(9)32(52)20-19-29-17-11-10-12-18-29)38(55)47-35(43(6,7)8)39(56)46-31(25-33(53)50-23-15-16-24-50)37(54)48-36(44(41(58)59)21-13-14-22-44)40(57)45-30(27-51)26-42(3,4)5/h10-12,17-18,28,30-31,34-36,51H,13-16,19-27H2,1-9H3,(H,45,57)(H,46,56)(H,47,55)(H,48,54)(H,58,59)/t30-,31-,34-,35+,36+/m0/s1. The topological polar surface area (TPSA) is 215 Å². The zero-order valence-electron chi connectivity index (χ0n) is 36.7. The van der Waals surface area contributed by atoms with Gasteiger partial charge in [0.2, 0.25) is 35.4 Å². The molecule has 1 aromatic rings. The van der Waals surface area contributed by atoms with Crippen LogP contribution in [0.15, 0.2) is 30.3 Å². The second kappa shape index (κ2) is 21.1. The third kappa shape index (κ3) is 13.8. The molecule has 2 fully saturated rings. The van der Waals surface area contributed by atoms with Crippen molar-refractivity contribution < 1.29 is 43.8 Å². The lowest BCUT2D eigenvalue weighted by molar-refractivity contribution is -0.155. The van der Waals surface area contributed by atoms with Gasteiger partial charge in [-0.1, -0.05) is 98.6 Å². The zero-order chi connectivity index (χ0) is 44.3. The van der Waals surface area contributed by atoms with Crippen molar-refractivity contribution in [2.24, 2.45) is 22.2 Å². The maximum Gasteiger partial charge on any atom is 0.312 e. The van der Waals surface area contributed by atoms with Crippen LogP contribution < -0.4 is 21.3 Å². The molecule has 3 rings (SSSR count). The number of carbonyl (C=O) groups is 7. The van der Waals surface area contributed by atoms with Gasteiger partial charge in [0.1, 0.15) is 24.2 Å². The Balaban J connectivity index is 1.93. The number of nitrogens with one attached hydrogen (secondary N) is 4. The number of likely N-dealkylation sites (tertiary alicyclic amines) is 1. The number of aliphatic hydroxyl groups is 1. The Hall–Kier alpha value is -4.53. The van der Waals surface area contributed by atoms with Gasteiger partial charge in [-0.05, 0) is 60.8 Å². The monoisotopic (exact) mass is 827 g/mol. The van der Waals surface area contributed by atoms with Gasteiger partial charge >= 0.3 is 5.97 Å². The molecule has 0 spiro atoms. The fourth-order valence-electron chi connectivity index (χ4n) is 8.31. The summed E-state index contributed by atoms with van der Waals surface area (Å²) in [6.45, 7) is 15.1. The number of benzene rings is 1. The Morgan fingerprint density at radius 2 is 1.39 bits per heavy atom. The average Bonchev–Trinajstić information content (AvgIpc) is 3.88. The van der Waals surface area contributed by atoms with Gasteiger partial charge in [0, 0.05) is 26.6 Å². The number of hydrogen-bond donors (Lipinski definition) is 6. The van der Waals surface area contributed by atoms with Crippen molar-refractivity contribution in [1.82, 2.24) is 31.1 Å². The van der Waals surface area contributed by atoms with Gasteiger partial charge in [0.15, 0.2) is 0 Å². The van der Waals surface area contributed by atoms with Gasteiger partial charge in [-0.15, -0.1) is 0 Å². The average molecular weight is 827 g/mol. The molecule has 1 aliphatic heterocycles. The number of carbonyl (C=O) groups excluding carboxylic acids is 6. The molecule has 0 radical (unpaired) electrons. The fraction of sp³-hybridized carbons (Fsp3) is 0.705. The summed E-state index contributed by atoms with van der Waals surface area (Å²) < 4.78 is 0. The van der Waals surface area contributed by atoms with Crippen LogP contribution in [0.1, 0.15) is 119 Å². The van der Waals surface area contributed by atoms with E-state index in [1.54, 1.807) is 46.6 Å². The normalized spacial score (nSPS) is 17.9. The lowest BCUT2D eigenvalue weighted by Gasteiger charge is -2.37. The SMILES string of the molecule is CC(C)[C@@H](C(=O)N[C@H](C(=O)N[C@@H](CC(=O)N1CCCC1)C(=O)N[C@H](C(=O)N[C@H](CO)CC(C)(C)C)C1(C(=O)O)CCCC1)C(C)(C)C)N(C)C(=O)CCc1ccccc1. The van der Waals surface area contributed by atoms with Crippen molar-refractivity contribution in [2.75, 3.05) is 26.7 Å². The molecule has 15 heteroatoms. The van der Waals surface area contributed by atoms with Crippen LogP contribution in [0.5, 0.6) is 0 Å². The van der Waals surface area contributed by atoms with Crippen LogP contribution in [0.3, 0.4) is 0 Å². The number of aliphatic hydroxyl groups excluding tert-OH is 1. The van der Waals surface area contributed by atoms with E-state index >= 15 is 0 Å². The van der Waals surface area contributed by atoms with Crippen LogP contribution in [-0.2, 0) is 40.0 Å². The minimum atomic E-state index is -1.67. The molecule has 2 aliphatic rings. The summed E-state index contributed by atoms with van der Waals surface area (Å²) in [5, 5.41) is 31.6. The number of likely N-dealkylation sites (N-methyl/N-ethyl adjacent to an activating group) is 1. The van der Waals surface area contributed by atoms with Crippen molar-refractivity contribution in [2.45, 2.75) is 150 Å². The number of aliphatic carboxylic acids is 1. The number of hydrogen-bond acceptors (Lipinski definition) is 8. The summed E-state index contributed by atoms with van der Waals surface area (Å²) in [4.78, 5) is 99.8. The van der Waals surface area contributed by atoms with E-state index in [9.17, 15) is 43.8 Å². The molecule has 59 heavy (non-hydrogen) atoms. The molecule has 0 unspecified atom stereocenters. The van der Waals surface area contributed by atoms with Crippen molar-refractivity contribution in [3.63, 3.8) is 0 Å². The molecular weight excluding hydrogens is 757 g/mol. The number of aryl methyl sites for hydroxylation is 1. The van der Waals surface area contributed by atoms with Crippen LogP contribution in [0.4, 0.5) is 0 Å². The molecule has 330 valence electrons. The van der Waals surface area contributed by atoms with E-state index in [2.05, 4.69) is 21.3 Å². The molecule has 1 saturated carbocycles. The maximum absolute atomic E-state index is 14.4. The Morgan fingerprint density at radius 3 is 1.90 bits per heavy atom. The predicted molar refractivity (Wildman–Crippen MR) is 223 cm³/mol. The number of amides is 6. The summed E-state index contributed by atoms with van der Waals surface area (Å²) in [6.07, 6.45) is 3.31. The van der Waals surface area contributed by atoms with Crippen LogP contribution in [0.2, 0.25) is 0 Å². The van der Waals surface area contributed by atoms with E-state index < -0.39 is 89.6 Å². The molecule has 0 aromatic heterocycles. The Labute approximate surface area is 350 Å². The number of nitrogens with zero attached hydrogens (tertiary/aromatic N) is 2. The summed E-state index contributed by atoms with van der Waals surface area (Å²) in [6, 6.07) is 3.46. The quantitative estimate of drug-likeness (QED) is 0.121. The molecule has 1 aromatic carbocycles. The molecular formula is C44H70N6O9. The van der Waals surface area contributed by atoms with E-state index in [0.717, 1.165) is 18.4 Å². The minimum absolute atomic E-state index is 0.103. The number of carboxylic acids is 1. The first kappa shape index (κ1) is 48.8. The second-order valence-electron chi connectivity index (χ2n) is 19.1. The van der Waals surface area contributed by atoms with Crippen molar-refractivity contribution in [1.29, 1.82) is 0 Å². The van der Waals surface area contributed by atoms with Crippen molar-refractivity contribution >= 4 is 41.4 Å². The molecule has 5 atom stereocenters. The molecule has 0 bridgehead atoms. The van der Waals surface area contributed by atoms with Gasteiger partial charge in [0.25, 0.3) is 0 Å². The highest BCUT2D eigenvalue weighted by Crippen LogP contribution is 2.42. The predicted octanol–water partition coefficient (Wildman–Crippen LogP) is 3.17. The Morgan fingerprint density at radius 1 is 0.797 bits per heavy atom. The molecule has 6 amide bonds. The van der Waals surface area contributed by atoms with E-state index in [1.807, 2.05) is 51.1 Å². The summed E-state index contributed by atoms with van der Waals surface area (Å²) >= 11 is 0. The lowest BCUT2D eigenvalue weighted by atomic mass is 9.77. The second-order valence-corrected chi connectivity index (χ2v) is 19.1. The van der Waals surface area contributed by atoms with Crippen LogP contribution in [0.25, 0.3) is 0 Å². The van der Waals surface area contributed by atoms with Gasteiger partial charge in [-0.25, -0.2) is 0 Å². The molecule has 1 saturated heterocycles. The van der Waals surface area contributed by atoms with E-state index in [1.165, 1.54) is 4.90 Å². The Kier molecular flexibility index (Phi) is 17.5. The van der Waals surface area contributed by atoms with Gasteiger partial charge < -0.3 is 41.3 Å². The molecule has 1 heterocycles. The third-order valence-corrected chi connectivity index (χ3v) is 11.5. The largest absolute Gasteiger partial charge is 0.481 e. The highest BCUT2D eigenvalue weighted by Gasteiger charge is 2.53. The summed E-state index contributed by atoms with van der Waals surface area (Å²) in [5.41, 5.74) is -1.92. The third-order valence-electron chi connectivity index (χ3n) is 11.5. The van der Waals surface area contributed by atoms with Crippen molar-refractivity contribution in [3.8, 4) is 0 Å². The van der Waals surface area contributed by atoms with Crippen LogP contribution in [-0.4, -0.2) is 118 Å². The van der Waals surface area contributed by atoms with Gasteiger partial charge in [-0.3, -0.25) is 33.6 Å². The smallest absolute Gasteiger partial charge is 0.312 e. The molecule has 6 N–H and O–H groups in total.